The number of halogens is 1. The number of hydrogen-bond donors (Lipinski definition) is 1. The third-order valence-electron chi connectivity index (χ3n) is 2.56. The zero-order chi connectivity index (χ0) is 14.1. The van der Waals surface area contributed by atoms with Crippen LogP contribution >= 0.6 is 23.4 Å². The van der Waals surface area contributed by atoms with Crippen LogP contribution in [0, 0.1) is 0 Å². The van der Waals surface area contributed by atoms with Crippen LogP contribution in [-0.2, 0) is 4.74 Å². The fourth-order valence-electron chi connectivity index (χ4n) is 1.58. The molecule has 2 nitrogen and oxygen atoms in total. The van der Waals surface area contributed by atoms with E-state index in [2.05, 4.69) is 32.2 Å². The summed E-state index contributed by atoms with van der Waals surface area (Å²) in [6.45, 7) is 8.10. The first-order valence-electron chi connectivity index (χ1n) is 6.85. The van der Waals surface area contributed by atoms with Gasteiger partial charge in [-0.25, -0.2) is 0 Å². The van der Waals surface area contributed by atoms with Gasteiger partial charge in [0.1, 0.15) is 0 Å². The highest BCUT2D eigenvalue weighted by atomic mass is 35.5. The van der Waals surface area contributed by atoms with Crippen molar-refractivity contribution in [2.75, 3.05) is 18.9 Å². The molecule has 0 spiro atoms. The van der Waals surface area contributed by atoms with E-state index in [1.807, 2.05) is 30.0 Å². The monoisotopic (exact) mass is 301 g/mol. The number of benzene rings is 1. The number of rotatable bonds is 9. The number of thioether (sulfide) groups is 1. The van der Waals surface area contributed by atoms with Crippen LogP contribution in [0.1, 0.15) is 27.2 Å². The van der Waals surface area contributed by atoms with Gasteiger partial charge in [-0.15, -0.1) is 11.8 Å². The number of nitrogens with one attached hydrogen (secondary N) is 1. The van der Waals surface area contributed by atoms with Crippen molar-refractivity contribution >= 4 is 23.4 Å². The van der Waals surface area contributed by atoms with Gasteiger partial charge in [0.2, 0.25) is 0 Å². The molecule has 1 aromatic carbocycles. The standard InChI is InChI=1S/C15H24ClNOS/c1-4-8-17-14(10-18-12(2)3)11-19-15-7-5-6-13(16)9-15/h5-7,9,12,14,17H,4,8,10-11H2,1-3H3. The fraction of sp³-hybridized carbons (Fsp3) is 0.600. The Morgan fingerprint density at radius 2 is 2.16 bits per heavy atom. The van der Waals surface area contributed by atoms with E-state index in [-0.39, 0.29) is 6.10 Å². The minimum atomic E-state index is 0.280. The lowest BCUT2D eigenvalue weighted by atomic mass is 10.3. The SMILES string of the molecule is CCCNC(COC(C)C)CSc1cccc(Cl)c1. The van der Waals surface area contributed by atoms with Gasteiger partial charge in [-0.05, 0) is 45.0 Å². The molecule has 4 heteroatoms. The van der Waals surface area contributed by atoms with Gasteiger partial charge in [-0.3, -0.25) is 0 Å². The topological polar surface area (TPSA) is 21.3 Å². The minimum Gasteiger partial charge on any atom is -0.377 e. The Bertz CT molecular complexity index is 360. The summed E-state index contributed by atoms with van der Waals surface area (Å²) in [5.74, 6) is 0.993. The zero-order valence-corrected chi connectivity index (χ0v) is 13.6. The van der Waals surface area contributed by atoms with Crippen LogP contribution < -0.4 is 5.32 Å². The van der Waals surface area contributed by atoms with Crippen molar-refractivity contribution in [3.63, 3.8) is 0 Å². The first-order valence-corrected chi connectivity index (χ1v) is 8.21. The summed E-state index contributed by atoms with van der Waals surface area (Å²) in [5, 5.41) is 4.32. The molecule has 1 N–H and O–H groups in total. The molecule has 0 radical (unpaired) electrons. The van der Waals surface area contributed by atoms with Crippen molar-refractivity contribution < 1.29 is 4.74 Å². The second kappa shape index (κ2) is 9.65. The Hall–Kier alpha value is -0.220. The van der Waals surface area contributed by atoms with Gasteiger partial charge in [0, 0.05) is 21.7 Å². The average Bonchev–Trinajstić information content (AvgIpc) is 2.37. The van der Waals surface area contributed by atoms with E-state index in [0.717, 1.165) is 30.3 Å². The lowest BCUT2D eigenvalue weighted by Crippen LogP contribution is -2.37. The van der Waals surface area contributed by atoms with Crippen molar-refractivity contribution in [2.45, 2.75) is 44.2 Å². The molecule has 0 aliphatic rings. The van der Waals surface area contributed by atoms with E-state index in [4.69, 9.17) is 16.3 Å². The molecule has 0 bridgehead atoms. The van der Waals surface area contributed by atoms with Crippen molar-refractivity contribution in [1.82, 2.24) is 5.32 Å². The highest BCUT2D eigenvalue weighted by Gasteiger charge is 2.10. The molecule has 0 saturated heterocycles. The fourth-order valence-corrected chi connectivity index (χ4v) is 2.82. The second-order valence-corrected chi connectivity index (χ2v) is 6.33. The van der Waals surface area contributed by atoms with Crippen LogP contribution in [0.2, 0.25) is 5.02 Å². The molecule has 0 heterocycles. The van der Waals surface area contributed by atoms with E-state index in [1.165, 1.54) is 4.90 Å². The molecular weight excluding hydrogens is 278 g/mol. The molecule has 1 unspecified atom stereocenters. The van der Waals surface area contributed by atoms with Crippen LogP contribution in [0.3, 0.4) is 0 Å². The van der Waals surface area contributed by atoms with Crippen molar-refractivity contribution in [3.8, 4) is 0 Å². The quantitative estimate of drug-likeness (QED) is 0.690. The summed E-state index contributed by atoms with van der Waals surface area (Å²) in [5.41, 5.74) is 0. The molecule has 1 atom stereocenters. The predicted octanol–water partition coefficient (Wildman–Crippen LogP) is 4.23. The average molecular weight is 302 g/mol. The second-order valence-electron chi connectivity index (χ2n) is 4.80. The van der Waals surface area contributed by atoms with Gasteiger partial charge in [-0.1, -0.05) is 24.6 Å². The van der Waals surface area contributed by atoms with Crippen LogP contribution in [-0.4, -0.2) is 31.1 Å². The third kappa shape index (κ3) is 7.83. The first kappa shape index (κ1) is 16.8. The van der Waals surface area contributed by atoms with Crippen molar-refractivity contribution in [2.24, 2.45) is 0 Å². The van der Waals surface area contributed by atoms with E-state index in [9.17, 15) is 0 Å². The molecule has 1 aromatic rings. The molecule has 1 rings (SSSR count). The van der Waals surface area contributed by atoms with Crippen LogP contribution in [0.15, 0.2) is 29.2 Å². The minimum absolute atomic E-state index is 0.280. The summed E-state index contributed by atoms with van der Waals surface area (Å²) in [4.78, 5) is 1.21. The normalized spacial score (nSPS) is 12.9. The Kier molecular flexibility index (Phi) is 8.55. The lowest BCUT2D eigenvalue weighted by Gasteiger charge is -2.19. The van der Waals surface area contributed by atoms with E-state index < -0.39 is 0 Å². The van der Waals surface area contributed by atoms with Gasteiger partial charge in [0.25, 0.3) is 0 Å². The smallest absolute Gasteiger partial charge is 0.0631 e. The molecule has 0 aliphatic heterocycles. The molecule has 0 aromatic heterocycles. The maximum Gasteiger partial charge on any atom is 0.0631 e. The van der Waals surface area contributed by atoms with Gasteiger partial charge in [0.15, 0.2) is 0 Å². The molecule has 108 valence electrons. The van der Waals surface area contributed by atoms with Crippen molar-refractivity contribution in [3.05, 3.63) is 29.3 Å². The molecule has 0 saturated carbocycles. The molecule has 19 heavy (non-hydrogen) atoms. The Morgan fingerprint density at radius 1 is 1.37 bits per heavy atom. The van der Waals surface area contributed by atoms with Gasteiger partial charge in [0.05, 0.1) is 12.7 Å². The third-order valence-corrected chi connectivity index (χ3v) is 3.95. The molecule has 0 fully saturated rings. The van der Waals surface area contributed by atoms with Crippen molar-refractivity contribution in [1.29, 1.82) is 0 Å². The summed E-state index contributed by atoms with van der Waals surface area (Å²) in [7, 11) is 0. The molecular formula is C15H24ClNOS. The Balaban J connectivity index is 2.42. The zero-order valence-electron chi connectivity index (χ0n) is 12.0. The maximum atomic E-state index is 5.99. The van der Waals surface area contributed by atoms with Crippen LogP contribution in [0.25, 0.3) is 0 Å². The Morgan fingerprint density at radius 3 is 2.79 bits per heavy atom. The van der Waals surface area contributed by atoms with Crippen LogP contribution in [0.5, 0.6) is 0 Å². The summed E-state index contributed by atoms with van der Waals surface area (Å²) >= 11 is 7.81. The molecule has 0 aliphatic carbocycles. The highest BCUT2D eigenvalue weighted by Crippen LogP contribution is 2.22. The lowest BCUT2D eigenvalue weighted by molar-refractivity contribution is 0.0655. The largest absolute Gasteiger partial charge is 0.377 e. The van der Waals surface area contributed by atoms with Gasteiger partial charge >= 0.3 is 0 Å². The maximum absolute atomic E-state index is 5.99. The predicted molar refractivity (Wildman–Crippen MR) is 85.3 cm³/mol. The number of hydrogen-bond acceptors (Lipinski definition) is 3. The summed E-state index contributed by atoms with van der Waals surface area (Å²) in [6, 6.07) is 8.37. The Labute approximate surface area is 126 Å². The molecule has 0 amide bonds. The summed E-state index contributed by atoms with van der Waals surface area (Å²) < 4.78 is 5.71. The van der Waals surface area contributed by atoms with Gasteiger partial charge < -0.3 is 10.1 Å². The summed E-state index contributed by atoms with van der Waals surface area (Å²) in [6.07, 6.45) is 1.42. The highest BCUT2D eigenvalue weighted by molar-refractivity contribution is 7.99. The first-order chi connectivity index (χ1) is 9.11. The van der Waals surface area contributed by atoms with E-state index in [0.29, 0.717) is 6.04 Å². The van der Waals surface area contributed by atoms with E-state index >= 15 is 0 Å². The number of ether oxygens (including phenoxy) is 1. The van der Waals surface area contributed by atoms with Gasteiger partial charge in [-0.2, -0.15) is 0 Å². The van der Waals surface area contributed by atoms with Crippen LogP contribution in [0.4, 0.5) is 0 Å². The van der Waals surface area contributed by atoms with E-state index in [1.54, 1.807) is 0 Å².